The Bertz CT molecular complexity index is 739. The lowest BCUT2D eigenvalue weighted by molar-refractivity contribution is 0.173. The number of nitrogens with one attached hydrogen (secondary N) is 2. The number of urea groups is 1. The molecule has 4 nitrogen and oxygen atoms in total. The summed E-state index contributed by atoms with van der Waals surface area (Å²) in [6.07, 6.45) is 2.04. The number of hydrogen-bond acceptors (Lipinski definition) is 2. The molecule has 144 valence electrons. The van der Waals surface area contributed by atoms with Crippen molar-refractivity contribution in [3.8, 4) is 0 Å². The third-order valence-corrected chi connectivity index (χ3v) is 5.18. The van der Waals surface area contributed by atoms with E-state index in [1.807, 2.05) is 43.3 Å². The molecule has 1 aliphatic rings. The fraction of sp³-hybridized carbons (Fsp3) is 0.409. The van der Waals surface area contributed by atoms with Crippen LogP contribution in [-0.4, -0.2) is 30.6 Å². The van der Waals surface area contributed by atoms with Gasteiger partial charge in [0.1, 0.15) is 5.82 Å². The van der Waals surface area contributed by atoms with Gasteiger partial charge in [-0.25, -0.2) is 9.18 Å². The number of likely N-dealkylation sites (tertiary alicyclic amines) is 1. The van der Waals surface area contributed by atoms with Gasteiger partial charge >= 0.3 is 6.03 Å². The second-order valence-corrected chi connectivity index (χ2v) is 7.36. The number of aryl methyl sites for hydroxylation is 1. The first-order valence-corrected chi connectivity index (χ1v) is 9.63. The first-order chi connectivity index (χ1) is 13.1. The van der Waals surface area contributed by atoms with Crippen molar-refractivity contribution in [3.63, 3.8) is 0 Å². The Kier molecular flexibility index (Phi) is 6.82. The van der Waals surface area contributed by atoms with Crippen LogP contribution in [0, 0.1) is 18.7 Å². The summed E-state index contributed by atoms with van der Waals surface area (Å²) < 4.78 is 13.8. The van der Waals surface area contributed by atoms with Gasteiger partial charge < -0.3 is 10.6 Å². The lowest BCUT2D eigenvalue weighted by Crippen LogP contribution is -2.41. The SMILES string of the molecule is Cc1ccc(CNC(=O)NCC2CCN(Cc3ccccc3F)CC2)cc1. The number of carbonyl (C=O) groups excluding carboxylic acids is 1. The maximum atomic E-state index is 13.8. The molecule has 0 radical (unpaired) electrons. The first-order valence-electron chi connectivity index (χ1n) is 9.63. The van der Waals surface area contributed by atoms with Crippen molar-refractivity contribution in [2.24, 2.45) is 5.92 Å². The number of rotatable bonds is 6. The molecule has 0 bridgehead atoms. The number of hydrogen-bond donors (Lipinski definition) is 2. The molecule has 1 heterocycles. The monoisotopic (exact) mass is 369 g/mol. The minimum Gasteiger partial charge on any atom is -0.338 e. The van der Waals surface area contributed by atoms with Gasteiger partial charge in [-0.1, -0.05) is 48.0 Å². The summed E-state index contributed by atoms with van der Waals surface area (Å²) in [5.74, 6) is 0.346. The van der Waals surface area contributed by atoms with Crippen LogP contribution in [0.3, 0.4) is 0 Å². The molecule has 0 spiro atoms. The average Bonchev–Trinajstić information content (AvgIpc) is 2.69. The van der Waals surface area contributed by atoms with Gasteiger partial charge in [0.15, 0.2) is 0 Å². The molecule has 27 heavy (non-hydrogen) atoms. The van der Waals surface area contributed by atoms with E-state index < -0.39 is 0 Å². The van der Waals surface area contributed by atoms with Gasteiger partial charge in [-0.3, -0.25) is 4.90 Å². The second-order valence-electron chi connectivity index (χ2n) is 7.36. The lowest BCUT2D eigenvalue weighted by atomic mass is 9.96. The maximum absolute atomic E-state index is 13.8. The molecule has 1 saturated heterocycles. The Morgan fingerprint density at radius 2 is 1.78 bits per heavy atom. The third kappa shape index (κ3) is 6.07. The second kappa shape index (κ2) is 9.51. The van der Waals surface area contributed by atoms with Crippen LogP contribution in [0.2, 0.25) is 0 Å². The van der Waals surface area contributed by atoms with Gasteiger partial charge in [-0.05, 0) is 50.4 Å². The predicted octanol–water partition coefficient (Wildman–Crippen LogP) is 3.85. The van der Waals surface area contributed by atoms with E-state index in [-0.39, 0.29) is 11.8 Å². The average molecular weight is 369 g/mol. The zero-order valence-electron chi connectivity index (χ0n) is 15.9. The molecular weight excluding hydrogens is 341 g/mol. The first kappa shape index (κ1) is 19.4. The van der Waals surface area contributed by atoms with Crippen LogP contribution in [0.25, 0.3) is 0 Å². The van der Waals surface area contributed by atoms with Crippen LogP contribution in [-0.2, 0) is 13.1 Å². The van der Waals surface area contributed by atoms with Gasteiger partial charge in [0.05, 0.1) is 0 Å². The lowest BCUT2D eigenvalue weighted by Gasteiger charge is -2.32. The summed E-state index contributed by atoms with van der Waals surface area (Å²) in [5, 5.41) is 5.88. The largest absolute Gasteiger partial charge is 0.338 e. The molecule has 1 aliphatic heterocycles. The van der Waals surface area contributed by atoms with Crippen LogP contribution in [0.5, 0.6) is 0 Å². The summed E-state index contributed by atoms with van der Waals surface area (Å²) in [4.78, 5) is 14.3. The molecule has 2 N–H and O–H groups in total. The van der Waals surface area contributed by atoms with E-state index in [0.717, 1.165) is 37.1 Å². The normalized spacial score (nSPS) is 15.5. The molecule has 5 heteroatoms. The summed E-state index contributed by atoms with van der Waals surface area (Å²) in [6.45, 7) is 5.80. The van der Waals surface area contributed by atoms with Gasteiger partial charge in [-0.15, -0.1) is 0 Å². The molecule has 2 aromatic carbocycles. The van der Waals surface area contributed by atoms with E-state index in [4.69, 9.17) is 0 Å². The Hall–Kier alpha value is -2.40. The molecule has 0 atom stereocenters. The van der Waals surface area contributed by atoms with Gasteiger partial charge in [0.25, 0.3) is 0 Å². The van der Waals surface area contributed by atoms with E-state index in [1.165, 1.54) is 11.6 Å². The molecular formula is C22H28FN3O. The van der Waals surface area contributed by atoms with Gasteiger partial charge in [0.2, 0.25) is 0 Å². The number of piperidine rings is 1. The zero-order chi connectivity index (χ0) is 19.1. The van der Waals surface area contributed by atoms with Crippen molar-refractivity contribution in [1.82, 2.24) is 15.5 Å². The molecule has 1 fully saturated rings. The van der Waals surface area contributed by atoms with Crippen molar-refractivity contribution >= 4 is 6.03 Å². The third-order valence-electron chi connectivity index (χ3n) is 5.18. The summed E-state index contributed by atoms with van der Waals surface area (Å²) in [5.41, 5.74) is 3.06. The number of carbonyl (C=O) groups is 1. The quantitative estimate of drug-likeness (QED) is 0.812. The fourth-order valence-corrected chi connectivity index (χ4v) is 3.40. The number of halogens is 1. The molecule has 3 rings (SSSR count). The minimum absolute atomic E-state index is 0.121. The minimum atomic E-state index is -0.133. The Morgan fingerprint density at radius 3 is 2.48 bits per heavy atom. The Labute approximate surface area is 160 Å². The Morgan fingerprint density at radius 1 is 1.07 bits per heavy atom. The summed E-state index contributed by atoms with van der Waals surface area (Å²) in [7, 11) is 0. The maximum Gasteiger partial charge on any atom is 0.315 e. The highest BCUT2D eigenvalue weighted by molar-refractivity contribution is 5.73. The smallest absolute Gasteiger partial charge is 0.315 e. The molecule has 0 unspecified atom stereocenters. The molecule has 0 saturated carbocycles. The van der Waals surface area contributed by atoms with E-state index in [1.54, 1.807) is 6.07 Å². The highest BCUT2D eigenvalue weighted by Crippen LogP contribution is 2.19. The van der Waals surface area contributed by atoms with Crippen LogP contribution in [0.4, 0.5) is 9.18 Å². The zero-order valence-corrected chi connectivity index (χ0v) is 15.9. The van der Waals surface area contributed by atoms with Crippen molar-refractivity contribution < 1.29 is 9.18 Å². The number of amides is 2. The molecule has 2 amide bonds. The molecule has 0 aliphatic carbocycles. The molecule has 2 aromatic rings. The standard InChI is InChI=1S/C22H28FN3O/c1-17-6-8-18(9-7-17)14-24-22(27)25-15-19-10-12-26(13-11-19)16-20-4-2-3-5-21(20)23/h2-9,19H,10-16H2,1H3,(H2,24,25,27). The molecule has 0 aromatic heterocycles. The summed E-state index contributed by atoms with van der Waals surface area (Å²) >= 11 is 0. The van der Waals surface area contributed by atoms with Crippen LogP contribution < -0.4 is 10.6 Å². The van der Waals surface area contributed by atoms with E-state index in [2.05, 4.69) is 15.5 Å². The Balaban J connectivity index is 1.33. The van der Waals surface area contributed by atoms with Crippen LogP contribution >= 0.6 is 0 Å². The van der Waals surface area contributed by atoms with Crippen LogP contribution in [0.1, 0.15) is 29.5 Å². The van der Waals surface area contributed by atoms with Crippen molar-refractivity contribution in [2.75, 3.05) is 19.6 Å². The fourth-order valence-electron chi connectivity index (χ4n) is 3.40. The van der Waals surface area contributed by atoms with Gasteiger partial charge in [0, 0.05) is 25.2 Å². The number of benzene rings is 2. The highest BCUT2D eigenvalue weighted by atomic mass is 19.1. The van der Waals surface area contributed by atoms with E-state index in [0.29, 0.717) is 25.6 Å². The van der Waals surface area contributed by atoms with Crippen molar-refractivity contribution in [1.29, 1.82) is 0 Å². The predicted molar refractivity (Wildman–Crippen MR) is 106 cm³/mol. The summed E-state index contributed by atoms with van der Waals surface area (Å²) in [6, 6.07) is 15.0. The van der Waals surface area contributed by atoms with Gasteiger partial charge in [-0.2, -0.15) is 0 Å². The van der Waals surface area contributed by atoms with E-state index >= 15 is 0 Å². The van der Waals surface area contributed by atoms with Crippen molar-refractivity contribution in [2.45, 2.75) is 32.9 Å². The van der Waals surface area contributed by atoms with Crippen LogP contribution in [0.15, 0.2) is 48.5 Å². The van der Waals surface area contributed by atoms with E-state index in [9.17, 15) is 9.18 Å². The number of nitrogens with zero attached hydrogens (tertiary/aromatic N) is 1. The highest BCUT2D eigenvalue weighted by Gasteiger charge is 2.20. The topological polar surface area (TPSA) is 44.4 Å². The van der Waals surface area contributed by atoms with Crippen molar-refractivity contribution in [3.05, 3.63) is 71.0 Å².